The van der Waals surface area contributed by atoms with Crippen LogP contribution >= 0.6 is 11.6 Å². The van der Waals surface area contributed by atoms with Gasteiger partial charge in [0.25, 0.3) is 0 Å². The number of rotatable bonds is 4. The molecule has 0 saturated heterocycles. The largest absolute Gasteiger partial charge is 0.334 e. The fourth-order valence-electron chi connectivity index (χ4n) is 1.89. The number of carbonyl (C=O) groups excluding carboxylic acids is 1. The average molecular weight is 337 g/mol. The molecule has 0 aliphatic heterocycles. The Kier molecular flexibility index (Phi) is 5.57. The maximum atomic E-state index is 11.9. The van der Waals surface area contributed by atoms with E-state index in [1.54, 1.807) is 24.5 Å². The lowest BCUT2D eigenvalue weighted by Crippen LogP contribution is -2.28. The normalized spacial score (nSPS) is 11.8. The maximum absolute atomic E-state index is 11.9. The van der Waals surface area contributed by atoms with Crippen molar-refractivity contribution >= 4 is 34.1 Å². The highest BCUT2D eigenvalue weighted by Gasteiger charge is 2.07. The monoisotopic (exact) mass is 336 g/mol. The maximum Gasteiger partial charge on any atom is 0.319 e. The van der Waals surface area contributed by atoms with Gasteiger partial charge in [-0.15, -0.1) is 0 Å². The van der Waals surface area contributed by atoms with Gasteiger partial charge >= 0.3 is 6.03 Å². The first kappa shape index (κ1) is 16.5. The summed E-state index contributed by atoms with van der Waals surface area (Å²) in [5.74, 6) is 0. The molecule has 0 heterocycles. The summed E-state index contributed by atoms with van der Waals surface area (Å²) in [6.45, 7) is 2.26. The smallest absolute Gasteiger partial charge is 0.319 e. The number of hydrogen-bond acceptors (Lipinski definition) is 2. The van der Waals surface area contributed by atoms with Crippen molar-refractivity contribution < 1.29 is 9.00 Å². The zero-order chi connectivity index (χ0) is 16.1. The molecule has 0 saturated carbocycles. The first-order valence-corrected chi connectivity index (χ1v) is 8.63. The summed E-state index contributed by atoms with van der Waals surface area (Å²) >= 11 is 6.13. The highest BCUT2D eigenvalue weighted by molar-refractivity contribution is 7.84. The Morgan fingerprint density at radius 3 is 2.50 bits per heavy atom. The van der Waals surface area contributed by atoms with Gasteiger partial charge in [0, 0.05) is 28.5 Å². The van der Waals surface area contributed by atoms with E-state index in [4.69, 9.17) is 11.6 Å². The molecule has 0 aliphatic carbocycles. The van der Waals surface area contributed by atoms with E-state index in [0.717, 1.165) is 16.0 Å². The number of hydrogen-bond donors (Lipinski definition) is 2. The van der Waals surface area contributed by atoms with Gasteiger partial charge in [0.05, 0.1) is 10.7 Å². The molecule has 6 heteroatoms. The van der Waals surface area contributed by atoms with Gasteiger partial charge in [-0.2, -0.15) is 0 Å². The van der Waals surface area contributed by atoms with Gasteiger partial charge in [-0.25, -0.2) is 4.79 Å². The highest BCUT2D eigenvalue weighted by atomic mass is 35.5. The van der Waals surface area contributed by atoms with Crippen molar-refractivity contribution in [3.8, 4) is 0 Å². The molecule has 1 atom stereocenters. The number of aryl methyl sites for hydroxylation is 1. The number of anilines is 1. The van der Waals surface area contributed by atoms with Gasteiger partial charge < -0.3 is 10.6 Å². The predicted molar refractivity (Wildman–Crippen MR) is 90.8 cm³/mol. The fraction of sp³-hybridized carbons (Fsp3) is 0.188. The lowest BCUT2D eigenvalue weighted by atomic mass is 10.2. The number of nitrogens with one attached hydrogen (secondary N) is 2. The molecule has 0 spiro atoms. The topological polar surface area (TPSA) is 58.2 Å². The van der Waals surface area contributed by atoms with E-state index in [1.807, 2.05) is 31.2 Å². The van der Waals surface area contributed by atoms with Crippen LogP contribution in [0.25, 0.3) is 0 Å². The van der Waals surface area contributed by atoms with Crippen molar-refractivity contribution in [2.75, 3.05) is 11.6 Å². The third-order valence-electron chi connectivity index (χ3n) is 3.15. The summed E-state index contributed by atoms with van der Waals surface area (Å²) in [5.41, 5.74) is 2.42. The predicted octanol–water partition coefficient (Wildman–Crippen LogP) is 3.71. The first-order chi connectivity index (χ1) is 10.5. The van der Waals surface area contributed by atoms with Crippen LogP contribution < -0.4 is 10.6 Å². The average Bonchev–Trinajstić information content (AvgIpc) is 2.50. The van der Waals surface area contributed by atoms with E-state index < -0.39 is 10.8 Å². The molecule has 4 nitrogen and oxygen atoms in total. The first-order valence-electron chi connectivity index (χ1n) is 6.69. The van der Waals surface area contributed by atoms with E-state index in [-0.39, 0.29) is 6.03 Å². The van der Waals surface area contributed by atoms with Crippen LogP contribution in [0.15, 0.2) is 47.4 Å². The Hall–Kier alpha value is -1.85. The van der Waals surface area contributed by atoms with Crippen LogP contribution in [0.3, 0.4) is 0 Å². The SMILES string of the molecule is Cc1cccc(NC(=O)NCc2ccc([S@](C)=O)cc2)c1Cl. The van der Waals surface area contributed by atoms with Crippen LogP contribution in [0, 0.1) is 6.92 Å². The lowest BCUT2D eigenvalue weighted by Gasteiger charge is -2.10. The number of amides is 2. The highest BCUT2D eigenvalue weighted by Crippen LogP contribution is 2.24. The molecule has 116 valence electrons. The van der Waals surface area contributed by atoms with Gasteiger partial charge in [0.15, 0.2) is 0 Å². The summed E-state index contributed by atoms with van der Waals surface area (Å²) < 4.78 is 11.3. The van der Waals surface area contributed by atoms with Gasteiger partial charge in [0.1, 0.15) is 0 Å². The summed E-state index contributed by atoms with van der Waals surface area (Å²) in [5, 5.41) is 6.01. The molecule has 0 aromatic heterocycles. The number of carbonyl (C=O) groups is 1. The van der Waals surface area contributed by atoms with Gasteiger partial charge in [0.2, 0.25) is 0 Å². The molecule has 2 rings (SSSR count). The lowest BCUT2D eigenvalue weighted by molar-refractivity contribution is 0.251. The molecule has 22 heavy (non-hydrogen) atoms. The van der Waals surface area contributed by atoms with Crippen LogP contribution in [-0.4, -0.2) is 16.5 Å². The molecule has 2 aromatic rings. The minimum absolute atomic E-state index is 0.323. The van der Waals surface area contributed by atoms with Gasteiger partial charge in [-0.3, -0.25) is 4.21 Å². The molecule has 0 unspecified atom stereocenters. The summed E-state index contributed by atoms with van der Waals surface area (Å²) in [6.07, 6.45) is 1.63. The van der Waals surface area contributed by atoms with Crippen molar-refractivity contribution in [1.29, 1.82) is 0 Å². The minimum atomic E-state index is -0.996. The molecular formula is C16H17ClN2O2S. The third-order valence-corrected chi connectivity index (χ3v) is 4.59. The molecule has 0 radical (unpaired) electrons. The van der Waals surface area contributed by atoms with Crippen LogP contribution in [0.1, 0.15) is 11.1 Å². The molecule has 2 aromatic carbocycles. The van der Waals surface area contributed by atoms with Crippen molar-refractivity contribution in [2.24, 2.45) is 0 Å². The fourth-order valence-corrected chi connectivity index (χ4v) is 2.58. The Balaban J connectivity index is 1.92. The molecule has 2 amide bonds. The van der Waals surface area contributed by atoms with Gasteiger partial charge in [-0.1, -0.05) is 35.9 Å². The van der Waals surface area contributed by atoms with Crippen LogP contribution in [0.5, 0.6) is 0 Å². The number of urea groups is 1. The number of halogens is 1. The molecule has 0 aliphatic rings. The quantitative estimate of drug-likeness (QED) is 0.894. The number of benzene rings is 2. The second kappa shape index (κ2) is 7.42. The molecule has 2 N–H and O–H groups in total. The van der Waals surface area contributed by atoms with E-state index >= 15 is 0 Å². The van der Waals surface area contributed by atoms with E-state index in [1.165, 1.54) is 0 Å². The summed E-state index contributed by atoms with van der Waals surface area (Å²) in [4.78, 5) is 12.7. The molecular weight excluding hydrogens is 320 g/mol. The van der Waals surface area contributed by atoms with Crippen molar-refractivity contribution in [2.45, 2.75) is 18.4 Å². The van der Waals surface area contributed by atoms with E-state index in [9.17, 15) is 9.00 Å². The van der Waals surface area contributed by atoms with Crippen molar-refractivity contribution in [3.05, 3.63) is 58.6 Å². The Morgan fingerprint density at radius 2 is 1.86 bits per heavy atom. The van der Waals surface area contributed by atoms with Crippen LogP contribution in [-0.2, 0) is 17.3 Å². The summed E-state index contributed by atoms with van der Waals surface area (Å²) in [7, 11) is -0.996. The third kappa shape index (κ3) is 4.32. The standard InChI is InChI=1S/C16H17ClN2O2S/c1-11-4-3-5-14(15(11)17)19-16(20)18-10-12-6-8-13(9-7-12)22(2)21/h3-9H,10H2,1-2H3,(H2,18,19,20)/t22-/m0/s1. The summed E-state index contributed by atoms with van der Waals surface area (Å²) in [6, 6.07) is 12.4. The van der Waals surface area contributed by atoms with E-state index in [2.05, 4.69) is 10.6 Å². The van der Waals surface area contributed by atoms with E-state index in [0.29, 0.717) is 17.3 Å². The minimum Gasteiger partial charge on any atom is -0.334 e. The Labute approximate surface area is 137 Å². The van der Waals surface area contributed by atoms with Crippen LogP contribution in [0.4, 0.5) is 10.5 Å². The van der Waals surface area contributed by atoms with Crippen molar-refractivity contribution in [1.82, 2.24) is 5.32 Å². The van der Waals surface area contributed by atoms with Gasteiger partial charge in [-0.05, 0) is 36.2 Å². The molecule has 0 bridgehead atoms. The second-order valence-electron chi connectivity index (χ2n) is 4.84. The van der Waals surface area contributed by atoms with Crippen molar-refractivity contribution in [3.63, 3.8) is 0 Å². The zero-order valence-electron chi connectivity index (χ0n) is 12.4. The Bertz CT molecular complexity index is 702. The van der Waals surface area contributed by atoms with Crippen LogP contribution in [0.2, 0.25) is 5.02 Å². The molecule has 0 fully saturated rings. The Morgan fingerprint density at radius 1 is 1.18 bits per heavy atom. The zero-order valence-corrected chi connectivity index (χ0v) is 13.9. The second-order valence-corrected chi connectivity index (χ2v) is 6.60.